The van der Waals surface area contributed by atoms with Crippen LogP contribution in [0.5, 0.6) is 5.75 Å². The molecule has 0 fully saturated rings. The van der Waals surface area contributed by atoms with Crippen molar-refractivity contribution in [2.45, 2.75) is 45.4 Å². The molecule has 2 heterocycles. The molecule has 1 aromatic heterocycles. The van der Waals surface area contributed by atoms with E-state index in [0.717, 1.165) is 23.6 Å². The van der Waals surface area contributed by atoms with Crippen LogP contribution in [0.4, 0.5) is 4.39 Å². The highest BCUT2D eigenvalue weighted by atomic mass is 127. The van der Waals surface area contributed by atoms with Crippen LogP contribution in [0.2, 0.25) is 0 Å². The summed E-state index contributed by atoms with van der Waals surface area (Å²) in [5.41, 5.74) is 0.515. The van der Waals surface area contributed by atoms with Crippen molar-refractivity contribution in [2.75, 3.05) is 7.05 Å². The molecule has 1 aromatic carbocycles. The van der Waals surface area contributed by atoms with Gasteiger partial charge >= 0.3 is 0 Å². The maximum absolute atomic E-state index is 13.6. The zero-order valence-corrected chi connectivity index (χ0v) is 18.5. The van der Waals surface area contributed by atoms with Gasteiger partial charge in [-0.2, -0.15) is 0 Å². The first-order chi connectivity index (χ1) is 12.3. The fourth-order valence-electron chi connectivity index (χ4n) is 3.08. The van der Waals surface area contributed by atoms with Crippen molar-refractivity contribution in [3.63, 3.8) is 0 Å². The van der Waals surface area contributed by atoms with E-state index in [0.29, 0.717) is 18.3 Å². The first kappa shape index (κ1) is 21.4. The minimum absolute atomic E-state index is 0. The van der Waals surface area contributed by atoms with E-state index in [-0.39, 0.29) is 35.8 Å². The van der Waals surface area contributed by atoms with Crippen LogP contribution < -0.4 is 15.4 Å². The van der Waals surface area contributed by atoms with E-state index in [9.17, 15) is 4.39 Å². The van der Waals surface area contributed by atoms with Crippen LogP contribution in [0.1, 0.15) is 43.5 Å². The number of nitrogens with zero attached hydrogens (tertiary/aromatic N) is 4. The first-order valence-corrected chi connectivity index (χ1v) is 8.59. The standard InChI is InChI=1S/C18H25FN6O.HI/c1-11-23-24-16(25(11)5)10-21-17(20-4)22-14-9-18(2,3)26-15-8-12(19)6-7-13(14)15;/h6-8,14H,9-10H2,1-5H3,(H2,20,21,22);1H. The highest BCUT2D eigenvalue weighted by molar-refractivity contribution is 14.0. The van der Waals surface area contributed by atoms with Gasteiger partial charge < -0.3 is 19.9 Å². The molecule has 1 unspecified atom stereocenters. The summed E-state index contributed by atoms with van der Waals surface area (Å²) in [6.45, 7) is 6.39. The summed E-state index contributed by atoms with van der Waals surface area (Å²) in [4.78, 5) is 4.29. The molecule has 3 rings (SSSR count). The van der Waals surface area contributed by atoms with Gasteiger partial charge in [-0.05, 0) is 26.8 Å². The van der Waals surface area contributed by atoms with Gasteiger partial charge in [0.2, 0.25) is 0 Å². The van der Waals surface area contributed by atoms with E-state index < -0.39 is 5.60 Å². The fraction of sp³-hybridized carbons (Fsp3) is 0.500. The van der Waals surface area contributed by atoms with Crippen LogP contribution in [0.3, 0.4) is 0 Å². The maximum atomic E-state index is 13.6. The third-order valence-corrected chi connectivity index (χ3v) is 4.56. The summed E-state index contributed by atoms with van der Waals surface area (Å²) in [6, 6.07) is 4.61. The number of rotatable bonds is 3. The molecular weight excluding hydrogens is 462 g/mol. The van der Waals surface area contributed by atoms with Crippen LogP contribution in [-0.4, -0.2) is 33.4 Å². The van der Waals surface area contributed by atoms with Gasteiger partial charge in [0.1, 0.15) is 23.0 Å². The van der Waals surface area contributed by atoms with Crippen molar-refractivity contribution in [3.8, 4) is 5.75 Å². The van der Waals surface area contributed by atoms with E-state index in [1.807, 2.05) is 32.4 Å². The Labute approximate surface area is 175 Å². The third kappa shape index (κ3) is 4.88. The highest BCUT2D eigenvalue weighted by Gasteiger charge is 2.34. The van der Waals surface area contributed by atoms with Crippen molar-refractivity contribution < 1.29 is 9.13 Å². The van der Waals surface area contributed by atoms with Gasteiger partial charge in [-0.25, -0.2) is 4.39 Å². The molecule has 1 aliphatic rings. The molecule has 0 radical (unpaired) electrons. The number of fused-ring (bicyclic) bond motifs is 1. The second-order valence-electron chi connectivity index (χ2n) is 7.09. The molecule has 0 saturated heterocycles. The molecule has 7 nitrogen and oxygen atoms in total. The topological polar surface area (TPSA) is 76.4 Å². The monoisotopic (exact) mass is 488 g/mol. The number of ether oxygens (including phenoxy) is 1. The molecule has 0 amide bonds. The molecule has 27 heavy (non-hydrogen) atoms. The molecule has 1 atom stereocenters. The lowest BCUT2D eigenvalue weighted by Gasteiger charge is -2.38. The quantitative estimate of drug-likeness (QED) is 0.395. The van der Waals surface area contributed by atoms with Crippen molar-refractivity contribution in [2.24, 2.45) is 12.0 Å². The van der Waals surface area contributed by atoms with E-state index in [2.05, 4.69) is 25.8 Å². The van der Waals surface area contributed by atoms with Crippen LogP contribution in [0.15, 0.2) is 23.2 Å². The van der Waals surface area contributed by atoms with E-state index in [1.165, 1.54) is 12.1 Å². The second kappa shape index (κ2) is 8.41. The van der Waals surface area contributed by atoms with E-state index in [1.54, 1.807) is 13.1 Å². The number of nitrogens with one attached hydrogen (secondary N) is 2. The number of hydrogen-bond donors (Lipinski definition) is 2. The number of aryl methyl sites for hydroxylation is 1. The van der Waals surface area contributed by atoms with Gasteiger partial charge in [-0.1, -0.05) is 6.07 Å². The molecule has 2 aromatic rings. The maximum Gasteiger partial charge on any atom is 0.191 e. The van der Waals surface area contributed by atoms with Crippen LogP contribution >= 0.6 is 24.0 Å². The molecule has 0 spiro atoms. The Morgan fingerprint density at radius 3 is 2.78 bits per heavy atom. The molecular formula is C18H26FIN6O. The highest BCUT2D eigenvalue weighted by Crippen LogP contribution is 2.39. The van der Waals surface area contributed by atoms with Gasteiger partial charge in [0.05, 0.1) is 12.6 Å². The minimum Gasteiger partial charge on any atom is -0.487 e. The summed E-state index contributed by atoms with van der Waals surface area (Å²) >= 11 is 0. The van der Waals surface area contributed by atoms with Crippen molar-refractivity contribution >= 4 is 29.9 Å². The molecule has 0 saturated carbocycles. The molecule has 9 heteroatoms. The number of guanidine groups is 1. The van der Waals surface area contributed by atoms with Gasteiger partial charge in [0.25, 0.3) is 0 Å². The zero-order valence-electron chi connectivity index (χ0n) is 16.2. The van der Waals surface area contributed by atoms with Crippen LogP contribution in [0.25, 0.3) is 0 Å². The predicted molar refractivity (Wildman–Crippen MR) is 113 cm³/mol. The lowest BCUT2D eigenvalue weighted by molar-refractivity contribution is 0.0689. The smallest absolute Gasteiger partial charge is 0.191 e. The second-order valence-corrected chi connectivity index (χ2v) is 7.09. The van der Waals surface area contributed by atoms with E-state index >= 15 is 0 Å². The van der Waals surface area contributed by atoms with Crippen LogP contribution in [-0.2, 0) is 13.6 Å². The molecule has 2 N–H and O–H groups in total. The average Bonchev–Trinajstić information content (AvgIpc) is 2.88. The third-order valence-electron chi connectivity index (χ3n) is 4.56. The van der Waals surface area contributed by atoms with Gasteiger partial charge in [0.15, 0.2) is 11.8 Å². The largest absolute Gasteiger partial charge is 0.487 e. The van der Waals surface area contributed by atoms with E-state index in [4.69, 9.17) is 4.74 Å². The fourth-order valence-corrected chi connectivity index (χ4v) is 3.08. The average molecular weight is 488 g/mol. The van der Waals surface area contributed by atoms with Crippen molar-refractivity contribution in [1.82, 2.24) is 25.4 Å². The molecule has 0 aliphatic carbocycles. The Hall–Kier alpha value is -1.91. The Kier molecular flexibility index (Phi) is 6.66. The Balaban J connectivity index is 0.00000261. The molecule has 1 aliphatic heterocycles. The summed E-state index contributed by atoms with van der Waals surface area (Å²) < 4.78 is 21.5. The number of aliphatic imine (C=N–C) groups is 1. The lowest BCUT2D eigenvalue weighted by Crippen LogP contribution is -2.45. The van der Waals surface area contributed by atoms with Gasteiger partial charge in [-0.15, -0.1) is 34.2 Å². The predicted octanol–water partition coefficient (Wildman–Crippen LogP) is 2.85. The summed E-state index contributed by atoms with van der Waals surface area (Å²) in [7, 11) is 3.64. The van der Waals surface area contributed by atoms with Crippen LogP contribution in [0, 0.1) is 12.7 Å². The SMILES string of the molecule is CN=C(NCc1nnc(C)n1C)NC1CC(C)(C)Oc2cc(F)ccc21.I. The lowest BCUT2D eigenvalue weighted by atomic mass is 9.90. The van der Waals surface area contributed by atoms with Crippen molar-refractivity contribution in [1.29, 1.82) is 0 Å². The normalized spacial score (nSPS) is 18.1. The summed E-state index contributed by atoms with van der Waals surface area (Å²) in [6.07, 6.45) is 0.732. The number of aromatic nitrogens is 3. The zero-order chi connectivity index (χ0) is 18.9. The number of halogens is 2. The number of benzene rings is 1. The summed E-state index contributed by atoms with van der Waals surface area (Å²) in [5, 5.41) is 14.9. The summed E-state index contributed by atoms with van der Waals surface area (Å²) in [5.74, 6) is 2.58. The van der Waals surface area contributed by atoms with Gasteiger partial charge in [0, 0.05) is 32.1 Å². The Morgan fingerprint density at radius 2 is 2.15 bits per heavy atom. The molecule has 0 bridgehead atoms. The minimum atomic E-state index is -0.405. The number of hydrogen-bond acceptors (Lipinski definition) is 4. The Bertz CT molecular complexity index is 835. The first-order valence-electron chi connectivity index (χ1n) is 8.59. The molecule has 148 valence electrons. The van der Waals surface area contributed by atoms with Crippen molar-refractivity contribution in [3.05, 3.63) is 41.2 Å². The Morgan fingerprint density at radius 1 is 1.41 bits per heavy atom. The van der Waals surface area contributed by atoms with Gasteiger partial charge in [-0.3, -0.25) is 4.99 Å².